The van der Waals surface area contributed by atoms with Crippen LogP contribution < -0.4 is 11.5 Å². The molecule has 0 bridgehead atoms. The maximum Gasteiger partial charge on any atom is 0.220 e. The quantitative estimate of drug-likeness (QED) is 0.303. The minimum Gasteiger partial charge on any atom is -0.380 e. The molecule has 5 N–H and O–H groups in total. The topological polar surface area (TPSA) is 101 Å². The average Bonchev–Trinajstić information content (AvgIpc) is 2.03. The first-order valence-electron chi connectivity index (χ1n) is 4.05. The van der Waals surface area contributed by atoms with Gasteiger partial charge in [-0.3, -0.25) is 5.41 Å². The van der Waals surface area contributed by atoms with Gasteiger partial charge in [-0.05, 0) is 6.92 Å². The van der Waals surface area contributed by atoms with Crippen molar-refractivity contribution >= 4 is 11.9 Å². The molecule has 0 aliphatic heterocycles. The minimum absolute atomic E-state index is 0.0414. The van der Waals surface area contributed by atoms with Crippen molar-refractivity contribution in [3.05, 3.63) is 0 Å². The standard InChI is InChI=1S/C7H17N5O/c1-3-13-5-4-12(2)7(10)11-6(8)9/h3-5H2,1-2H3,(H5,8,9,10,11). The third-order valence-corrected chi connectivity index (χ3v) is 1.37. The third-order valence-electron chi connectivity index (χ3n) is 1.37. The molecule has 0 aromatic heterocycles. The molecule has 0 heterocycles. The molecule has 6 nitrogen and oxygen atoms in total. The lowest BCUT2D eigenvalue weighted by Crippen LogP contribution is -2.32. The van der Waals surface area contributed by atoms with Crippen LogP contribution in [-0.4, -0.2) is 43.6 Å². The second kappa shape index (κ2) is 6.24. The number of ether oxygens (including phenoxy) is 1. The fraction of sp³-hybridized carbons (Fsp3) is 0.714. The lowest BCUT2D eigenvalue weighted by Gasteiger charge is -2.16. The molecule has 13 heavy (non-hydrogen) atoms. The van der Waals surface area contributed by atoms with Gasteiger partial charge in [0.2, 0.25) is 5.96 Å². The van der Waals surface area contributed by atoms with E-state index in [2.05, 4.69) is 4.99 Å². The molecule has 0 atom stereocenters. The minimum atomic E-state index is -0.103. The second-order valence-electron chi connectivity index (χ2n) is 2.48. The van der Waals surface area contributed by atoms with Crippen LogP contribution in [0.15, 0.2) is 4.99 Å². The fourth-order valence-corrected chi connectivity index (χ4v) is 0.659. The lowest BCUT2D eigenvalue weighted by molar-refractivity contribution is 0.136. The maximum atomic E-state index is 7.38. The van der Waals surface area contributed by atoms with E-state index in [1.807, 2.05) is 6.92 Å². The summed E-state index contributed by atoms with van der Waals surface area (Å²) in [6, 6.07) is 0. The molecule has 0 saturated heterocycles. The molecule has 0 radical (unpaired) electrons. The molecule has 0 rings (SSSR count). The van der Waals surface area contributed by atoms with E-state index in [-0.39, 0.29) is 11.9 Å². The zero-order chi connectivity index (χ0) is 10.3. The number of nitrogens with one attached hydrogen (secondary N) is 1. The van der Waals surface area contributed by atoms with E-state index in [0.717, 1.165) is 0 Å². The van der Waals surface area contributed by atoms with Crippen molar-refractivity contribution in [3.63, 3.8) is 0 Å². The highest BCUT2D eigenvalue weighted by atomic mass is 16.5. The van der Waals surface area contributed by atoms with Crippen molar-refractivity contribution in [2.75, 3.05) is 26.8 Å². The Morgan fingerprint density at radius 1 is 1.54 bits per heavy atom. The van der Waals surface area contributed by atoms with Crippen molar-refractivity contribution in [3.8, 4) is 0 Å². The number of aliphatic imine (C=N–C) groups is 1. The van der Waals surface area contributed by atoms with Gasteiger partial charge in [-0.15, -0.1) is 0 Å². The molecule has 0 saturated carbocycles. The number of likely N-dealkylation sites (N-methyl/N-ethyl adjacent to an activating group) is 1. The summed E-state index contributed by atoms with van der Waals surface area (Å²) < 4.78 is 5.11. The van der Waals surface area contributed by atoms with Crippen LogP contribution in [0.3, 0.4) is 0 Å². The largest absolute Gasteiger partial charge is 0.380 e. The molecule has 0 amide bonds. The van der Waals surface area contributed by atoms with E-state index in [1.54, 1.807) is 11.9 Å². The number of hydrogen-bond donors (Lipinski definition) is 3. The van der Waals surface area contributed by atoms with Crippen LogP contribution in [0.4, 0.5) is 0 Å². The van der Waals surface area contributed by atoms with Crippen molar-refractivity contribution in [1.29, 1.82) is 5.41 Å². The Kier molecular flexibility index (Phi) is 5.62. The van der Waals surface area contributed by atoms with Crippen molar-refractivity contribution in [1.82, 2.24) is 4.90 Å². The van der Waals surface area contributed by atoms with Gasteiger partial charge in [0, 0.05) is 20.2 Å². The molecule has 76 valence electrons. The molecule has 0 spiro atoms. The summed E-state index contributed by atoms with van der Waals surface area (Å²) in [7, 11) is 1.73. The van der Waals surface area contributed by atoms with Crippen molar-refractivity contribution < 1.29 is 4.74 Å². The summed E-state index contributed by atoms with van der Waals surface area (Å²) >= 11 is 0. The van der Waals surface area contributed by atoms with Crippen LogP contribution in [0, 0.1) is 5.41 Å². The van der Waals surface area contributed by atoms with Crippen LogP contribution in [-0.2, 0) is 4.74 Å². The summed E-state index contributed by atoms with van der Waals surface area (Å²) in [4.78, 5) is 5.19. The number of nitrogens with two attached hydrogens (primary N) is 2. The summed E-state index contributed by atoms with van der Waals surface area (Å²) in [6.45, 7) is 3.75. The molecule has 0 fully saturated rings. The zero-order valence-corrected chi connectivity index (χ0v) is 8.08. The number of guanidine groups is 2. The smallest absolute Gasteiger partial charge is 0.220 e. The van der Waals surface area contributed by atoms with Crippen LogP contribution in [0.5, 0.6) is 0 Å². The highest BCUT2D eigenvalue weighted by Gasteiger charge is 2.01. The molecule has 0 aliphatic rings. The van der Waals surface area contributed by atoms with Gasteiger partial charge in [0.1, 0.15) is 0 Å². The molecular formula is C7H17N5O. The Hall–Kier alpha value is -1.30. The third kappa shape index (κ3) is 5.92. The number of nitrogens with zero attached hydrogens (tertiary/aromatic N) is 2. The summed E-state index contributed by atoms with van der Waals surface area (Å²) in [6.07, 6.45) is 0. The lowest BCUT2D eigenvalue weighted by atomic mass is 10.6. The van der Waals surface area contributed by atoms with E-state index in [4.69, 9.17) is 21.6 Å². The van der Waals surface area contributed by atoms with Gasteiger partial charge in [-0.25, -0.2) is 0 Å². The summed E-state index contributed by atoms with van der Waals surface area (Å²) in [5.74, 6) is -0.0621. The summed E-state index contributed by atoms with van der Waals surface area (Å²) in [5, 5.41) is 7.38. The van der Waals surface area contributed by atoms with E-state index in [0.29, 0.717) is 19.8 Å². The van der Waals surface area contributed by atoms with Gasteiger partial charge < -0.3 is 21.1 Å². The average molecular weight is 187 g/mol. The predicted octanol–water partition coefficient (Wildman–Crippen LogP) is -0.837. The highest BCUT2D eigenvalue weighted by Crippen LogP contribution is 1.87. The first-order valence-corrected chi connectivity index (χ1v) is 4.05. The van der Waals surface area contributed by atoms with Gasteiger partial charge in [0.15, 0.2) is 5.96 Å². The van der Waals surface area contributed by atoms with Gasteiger partial charge in [0.05, 0.1) is 6.61 Å². The normalized spacial score (nSPS) is 9.38. The van der Waals surface area contributed by atoms with Gasteiger partial charge in [-0.2, -0.15) is 4.99 Å². The highest BCUT2D eigenvalue weighted by molar-refractivity contribution is 5.91. The molecule has 0 aromatic rings. The molecule has 0 aliphatic carbocycles. The molecule has 6 heteroatoms. The van der Waals surface area contributed by atoms with E-state index in [9.17, 15) is 0 Å². The first-order chi connectivity index (χ1) is 6.07. The van der Waals surface area contributed by atoms with Crippen LogP contribution in [0.1, 0.15) is 6.92 Å². The second-order valence-corrected chi connectivity index (χ2v) is 2.48. The predicted molar refractivity (Wildman–Crippen MR) is 52.7 cm³/mol. The van der Waals surface area contributed by atoms with Crippen LogP contribution >= 0.6 is 0 Å². The summed E-state index contributed by atoms with van der Waals surface area (Å²) in [5.41, 5.74) is 10.2. The van der Waals surface area contributed by atoms with Crippen LogP contribution in [0.25, 0.3) is 0 Å². The first kappa shape index (κ1) is 11.7. The zero-order valence-electron chi connectivity index (χ0n) is 8.08. The van der Waals surface area contributed by atoms with E-state index in [1.165, 1.54) is 0 Å². The fourth-order valence-electron chi connectivity index (χ4n) is 0.659. The van der Waals surface area contributed by atoms with Gasteiger partial charge in [-0.1, -0.05) is 0 Å². The molecular weight excluding hydrogens is 170 g/mol. The monoisotopic (exact) mass is 187 g/mol. The Balaban J connectivity index is 3.76. The van der Waals surface area contributed by atoms with Crippen LogP contribution in [0.2, 0.25) is 0 Å². The van der Waals surface area contributed by atoms with E-state index >= 15 is 0 Å². The van der Waals surface area contributed by atoms with Gasteiger partial charge >= 0.3 is 0 Å². The van der Waals surface area contributed by atoms with Gasteiger partial charge in [0.25, 0.3) is 0 Å². The Labute approximate surface area is 78.1 Å². The molecule has 0 aromatic carbocycles. The van der Waals surface area contributed by atoms with Crippen molar-refractivity contribution in [2.45, 2.75) is 6.92 Å². The van der Waals surface area contributed by atoms with E-state index < -0.39 is 0 Å². The Morgan fingerprint density at radius 2 is 2.15 bits per heavy atom. The Bertz CT molecular complexity index is 187. The maximum absolute atomic E-state index is 7.38. The number of hydrogen-bond acceptors (Lipinski definition) is 2. The van der Waals surface area contributed by atoms with Crippen molar-refractivity contribution in [2.24, 2.45) is 16.5 Å². The molecule has 0 unspecified atom stereocenters. The number of rotatable bonds is 4. The SMILES string of the molecule is CCOCCN(C)C(=N)N=C(N)N. The Morgan fingerprint density at radius 3 is 2.62 bits per heavy atom.